The molecule has 386 valence electrons. The van der Waals surface area contributed by atoms with Gasteiger partial charge in [0.05, 0.1) is 33.8 Å². The lowest BCUT2D eigenvalue weighted by Gasteiger charge is -2.27. The molecule has 3 unspecified atom stereocenters. The average Bonchev–Trinajstić information content (AvgIpc) is 3.27. The molecule has 0 aliphatic rings. The fraction of sp³-hybridized carbons (Fsp3) is 0.821. The van der Waals surface area contributed by atoms with Crippen molar-refractivity contribution in [1.82, 2.24) is 5.32 Å². The Bertz CT molecular complexity index is 1280. The molecule has 0 aromatic heterocycles. The summed E-state index contributed by atoms with van der Waals surface area (Å²) in [4.78, 5) is 37.4. The first kappa shape index (κ1) is 64.0. The van der Waals surface area contributed by atoms with Crippen molar-refractivity contribution in [2.45, 2.75) is 258 Å². The predicted molar refractivity (Wildman–Crippen MR) is 282 cm³/mol. The Morgan fingerprint density at radius 3 is 1.38 bits per heavy atom. The molecule has 0 aromatic carbocycles. The molecule has 0 saturated heterocycles. The van der Waals surface area contributed by atoms with Gasteiger partial charge >= 0.3 is 13.8 Å². The summed E-state index contributed by atoms with van der Waals surface area (Å²) >= 11 is 0. The third-order valence-corrected chi connectivity index (χ3v) is 13.0. The molecule has 0 saturated carbocycles. The van der Waals surface area contributed by atoms with E-state index in [0.29, 0.717) is 30.3 Å². The smallest absolute Gasteiger partial charge is 0.456 e. The van der Waals surface area contributed by atoms with Crippen LogP contribution in [0.25, 0.3) is 0 Å². The van der Waals surface area contributed by atoms with Gasteiger partial charge in [0, 0.05) is 12.8 Å². The van der Waals surface area contributed by atoms with Crippen LogP contribution in [0.15, 0.2) is 48.6 Å². The maximum atomic E-state index is 13.4. The number of phosphoric acid groups is 1. The van der Waals surface area contributed by atoms with Crippen LogP contribution in [0.4, 0.5) is 0 Å². The Kier molecular flexibility index (Phi) is 45.3. The molecule has 2 N–H and O–H groups in total. The topological polar surface area (TPSA) is 111 Å². The van der Waals surface area contributed by atoms with E-state index in [1.807, 2.05) is 33.3 Å². The van der Waals surface area contributed by atoms with E-state index in [-0.39, 0.29) is 31.5 Å². The highest BCUT2D eigenvalue weighted by Crippen LogP contribution is 2.43. The molecule has 1 amide bonds. The Morgan fingerprint density at radius 1 is 0.530 bits per heavy atom. The quantitative estimate of drug-likeness (QED) is 0.0156. The van der Waals surface area contributed by atoms with E-state index in [4.69, 9.17) is 13.8 Å². The number of carbonyl (C=O) groups is 2. The second-order valence-electron chi connectivity index (χ2n) is 19.8. The van der Waals surface area contributed by atoms with Crippen LogP contribution in [0.1, 0.15) is 245 Å². The normalized spacial score (nSPS) is 14.2. The zero-order chi connectivity index (χ0) is 48.7. The van der Waals surface area contributed by atoms with Crippen LogP contribution in [0, 0.1) is 0 Å². The fourth-order valence-electron chi connectivity index (χ4n) is 7.69. The molecule has 0 spiro atoms. The summed E-state index contributed by atoms with van der Waals surface area (Å²) in [5.74, 6) is -0.554. The van der Waals surface area contributed by atoms with E-state index in [1.165, 1.54) is 128 Å². The lowest BCUT2D eigenvalue weighted by atomic mass is 10.1. The Balaban J connectivity index is 5.43. The van der Waals surface area contributed by atoms with Crippen molar-refractivity contribution in [2.24, 2.45) is 0 Å². The van der Waals surface area contributed by atoms with Crippen molar-refractivity contribution in [3.05, 3.63) is 48.6 Å². The first-order valence-electron chi connectivity index (χ1n) is 27.5. The first-order valence-corrected chi connectivity index (χ1v) is 29.0. The van der Waals surface area contributed by atoms with E-state index in [9.17, 15) is 19.0 Å². The third kappa shape index (κ3) is 47.1. The van der Waals surface area contributed by atoms with Crippen LogP contribution < -0.4 is 5.32 Å². The second-order valence-corrected chi connectivity index (χ2v) is 21.2. The van der Waals surface area contributed by atoms with Crippen molar-refractivity contribution in [2.75, 3.05) is 40.9 Å². The molecular weight excluding hydrogens is 844 g/mol. The zero-order valence-electron chi connectivity index (χ0n) is 43.9. The van der Waals surface area contributed by atoms with Crippen molar-refractivity contribution >= 4 is 19.7 Å². The third-order valence-electron chi connectivity index (χ3n) is 12.0. The highest BCUT2D eigenvalue weighted by Gasteiger charge is 2.30. The number of ether oxygens (including phenoxy) is 1. The van der Waals surface area contributed by atoms with Gasteiger partial charge in [-0.3, -0.25) is 18.6 Å². The van der Waals surface area contributed by atoms with Crippen LogP contribution in [0.5, 0.6) is 0 Å². The number of likely N-dealkylation sites (N-methyl/N-ethyl adjacent to an activating group) is 1. The Labute approximate surface area is 408 Å². The van der Waals surface area contributed by atoms with Gasteiger partial charge < -0.3 is 19.4 Å². The van der Waals surface area contributed by atoms with Crippen molar-refractivity contribution in [3.63, 3.8) is 0 Å². The molecule has 0 heterocycles. The predicted octanol–water partition coefficient (Wildman–Crippen LogP) is 16.2. The fourth-order valence-corrected chi connectivity index (χ4v) is 8.42. The number of carbonyl (C=O) groups excluding carboxylic acids is 2. The van der Waals surface area contributed by atoms with Crippen LogP contribution >= 0.6 is 7.82 Å². The SMILES string of the molecule is CCCCCCCC/C=C\CCCCCC(=O)OC(/C=C/CCCCCCCCCCC)C(COP(=O)(O)OCC[N+](C)(C)C)NC(=O)CCCCC/C=C/C=C/CCCCCCCCC. The molecule has 9 nitrogen and oxygen atoms in total. The molecule has 0 aliphatic carbocycles. The summed E-state index contributed by atoms with van der Waals surface area (Å²) in [5, 5.41) is 3.02. The minimum atomic E-state index is -4.45. The van der Waals surface area contributed by atoms with Crippen LogP contribution in [0.2, 0.25) is 0 Å². The van der Waals surface area contributed by atoms with Gasteiger partial charge in [0.25, 0.3) is 0 Å². The Hall–Kier alpha value is -2.03. The summed E-state index contributed by atoms with van der Waals surface area (Å²) in [6.45, 7) is 6.95. The maximum absolute atomic E-state index is 13.4. The van der Waals surface area contributed by atoms with Crippen molar-refractivity contribution in [3.8, 4) is 0 Å². The number of quaternary nitrogens is 1. The van der Waals surface area contributed by atoms with Gasteiger partial charge in [-0.25, -0.2) is 4.57 Å². The van der Waals surface area contributed by atoms with Gasteiger partial charge in [0.2, 0.25) is 5.91 Å². The molecule has 66 heavy (non-hydrogen) atoms. The van der Waals surface area contributed by atoms with E-state index >= 15 is 0 Å². The number of hydrogen-bond donors (Lipinski definition) is 2. The summed E-state index contributed by atoms with van der Waals surface area (Å²) in [6.07, 6.45) is 55.4. The maximum Gasteiger partial charge on any atom is 0.472 e. The number of rotatable bonds is 49. The summed E-state index contributed by atoms with van der Waals surface area (Å²) in [6, 6.07) is -0.865. The molecule has 0 aliphatic heterocycles. The molecule has 0 aromatic rings. The molecule has 0 radical (unpaired) electrons. The average molecular weight is 950 g/mol. The molecular formula is C56H106N2O7P+. The van der Waals surface area contributed by atoms with Crippen LogP contribution in [-0.4, -0.2) is 74.3 Å². The highest BCUT2D eigenvalue weighted by molar-refractivity contribution is 7.47. The van der Waals surface area contributed by atoms with E-state index in [1.54, 1.807) is 0 Å². The molecule has 0 fully saturated rings. The van der Waals surface area contributed by atoms with Crippen LogP contribution in [0.3, 0.4) is 0 Å². The van der Waals surface area contributed by atoms with E-state index in [0.717, 1.165) is 70.6 Å². The molecule has 0 rings (SSSR count). The Morgan fingerprint density at radius 2 is 0.924 bits per heavy atom. The van der Waals surface area contributed by atoms with Crippen molar-refractivity contribution in [1.29, 1.82) is 0 Å². The number of nitrogens with zero attached hydrogens (tertiary/aromatic N) is 1. The monoisotopic (exact) mass is 950 g/mol. The zero-order valence-corrected chi connectivity index (χ0v) is 44.8. The van der Waals surface area contributed by atoms with Gasteiger partial charge in [-0.1, -0.05) is 198 Å². The lowest BCUT2D eigenvalue weighted by molar-refractivity contribution is -0.870. The minimum absolute atomic E-state index is 0.0327. The highest BCUT2D eigenvalue weighted by atomic mass is 31.2. The number of nitrogens with one attached hydrogen (secondary N) is 1. The number of allylic oxidation sites excluding steroid dienone is 7. The lowest BCUT2D eigenvalue weighted by Crippen LogP contribution is -2.47. The molecule has 10 heteroatoms. The van der Waals surface area contributed by atoms with Gasteiger partial charge in [-0.15, -0.1) is 0 Å². The number of hydrogen-bond acceptors (Lipinski definition) is 6. The summed E-state index contributed by atoms with van der Waals surface area (Å²) in [5.41, 5.74) is 0. The number of esters is 1. The second kappa shape index (κ2) is 46.7. The number of unbranched alkanes of at least 4 members (excludes halogenated alkanes) is 28. The van der Waals surface area contributed by atoms with Gasteiger partial charge in [-0.2, -0.15) is 0 Å². The van der Waals surface area contributed by atoms with Gasteiger partial charge in [0.15, 0.2) is 0 Å². The largest absolute Gasteiger partial charge is 0.472 e. The number of amides is 1. The first-order chi connectivity index (χ1) is 31.9. The van der Waals surface area contributed by atoms with E-state index in [2.05, 4.69) is 62.5 Å². The van der Waals surface area contributed by atoms with Crippen LogP contribution in [-0.2, 0) is 27.9 Å². The van der Waals surface area contributed by atoms with Gasteiger partial charge in [0.1, 0.15) is 19.3 Å². The number of phosphoric ester groups is 1. The van der Waals surface area contributed by atoms with E-state index < -0.39 is 20.0 Å². The standard InChI is InChI=1S/C56H105N2O7P/c1-7-10-13-16-19-22-25-27-28-29-31-33-36-39-42-45-48-55(59)57-53(52-64-66(61,62)63-51-50-58(4,5)6)54(47-44-41-38-35-32-24-21-18-15-12-9-3)65-56(60)49-46-43-40-37-34-30-26-23-20-17-14-11-8-2/h28-31,33-34,44,47,53-54H,7-27,32,35-43,45-46,48-52H2,1-6H3,(H-,57,59,61,62)/p+1/b29-28+,33-31+,34-30-,47-44+. The summed E-state index contributed by atoms with van der Waals surface area (Å²) < 4.78 is 30.5. The molecule has 0 bridgehead atoms. The van der Waals surface area contributed by atoms with Crippen molar-refractivity contribution < 1.29 is 37.3 Å². The van der Waals surface area contributed by atoms with Gasteiger partial charge in [-0.05, 0) is 83.1 Å². The summed E-state index contributed by atoms with van der Waals surface area (Å²) in [7, 11) is 1.47. The minimum Gasteiger partial charge on any atom is -0.456 e. The molecule has 3 atom stereocenters.